The second kappa shape index (κ2) is 23.4. The number of ether oxygens (including phenoxy) is 5. The number of esters is 4. The predicted octanol–water partition coefficient (Wildman–Crippen LogP) is 7.11. The summed E-state index contributed by atoms with van der Waals surface area (Å²) in [6.45, 7) is 5.72. The fraction of sp³-hybridized carbons (Fsp3) is 0.875. The molecule has 0 amide bonds. The van der Waals surface area contributed by atoms with Gasteiger partial charge in [0.25, 0.3) is 0 Å². The summed E-state index contributed by atoms with van der Waals surface area (Å²) >= 11 is 0. The van der Waals surface area contributed by atoms with Crippen LogP contribution in [0.15, 0.2) is 0 Å². The van der Waals surface area contributed by atoms with Crippen LogP contribution in [0.4, 0.5) is 0 Å². The molecular weight excluding hydrogens is 528 g/mol. The van der Waals surface area contributed by atoms with Crippen molar-refractivity contribution in [2.75, 3.05) is 6.61 Å². The Morgan fingerprint density at radius 1 is 0.610 bits per heavy atom. The number of carbonyl (C=O) groups is 4. The van der Waals surface area contributed by atoms with E-state index in [1.54, 1.807) is 0 Å². The molecule has 1 fully saturated rings. The first-order valence-corrected chi connectivity index (χ1v) is 16.1. The molecule has 1 aliphatic heterocycles. The SMILES string of the molecule is CCCCCCCCCCCCCCCCCCCC(=O)O[C@H]1C[C@@H](OC(C)=O)[C@H](OC(C)=O)[C@@H](COC(C)=O)O1. The van der Waals surface area contributed by atoms with Gasteiger partial charge in [-0.3, -0.25) is 19.2 Å². The zero-order valence-electron chi connectivity index (χ0n) is 26.1. The Kier molecular flexibility index (Phi) is 21.0. The zero-order valence-corrected chi connectivity index (χ0v) is 26.1. The van der Waals surface area contributed by atoms with Gasteiger partial charge in [-0.2, -0.15) is 0 Å². The Balaban J connectivity index is 2.20. The van der Waals surface area contributed by atoms with E-state index in [-0.39, 0.29) is 19.4 Å². The van der Waals surface area contributed by atoms with E-state index in [4.69, 9.17) is 23.7 Å². The third-order valence-electron chi connectivity index (χ3n) is 7.30. The molecule has 0 N–H and O–H groups in total. The molecular formula is C32H56O9. The quantitative estimate of drug-likeness (QED) is 0.0703. The monoisotopic (exact) mass is 584 g/mol. The summed E-state index contributed by atoms with van der Waals surface area (Å²) in [5, 5.41) is 0. The van der Waals surface area contributed by atoms with Gasteiger partial charge in [-0.25, -0.2) is 0 Å². The number of rotatable bonds is 23. The van der Waals surface area contributed by atoms with Crippen LogP contribution >= 0.6 is 0 Å². The van der Waals surface area contributed by atoms with Gasteiger partial charge in [0.2, 0.25) is 6.29 Å². The highest BCUT2D eigenvalue weighted by Crippen LogP contribution is 2.27. The molecule has 1 rings (SSSR count). The molecule has 0 radical (unpaired) electrons. The van der Waals surface area contributed by atoms with Gasteiger partial charge in [0.05, 0.1) is 6.42 Å². The van der Waals surface area contributed by atoms with Crippen LogP contribution in [-0.4, -0.2) is 55.1 Å². The van der Waals surface area contributed by atoms with Crippen LogP contribution in [0.5, 0.6) is 0 Å². The first kappa shape index (κ1) is 36.9. The second-order valence-electron chi connectivity index (χ2n) is 11.3. The molecule has 1 aliphatic rings. The van der Waals surface area contributed by atoms with E-state index < -0.39 is 48.5 Å². The lowest BCUT2D eigenvalue weighted by atomic mass is 10.0. The normalized spacial score (nSPS) is 20.3. The van der Waals surface area contributed by atoms with Gasteiger partial charge in [0, 0.05) is 27.2 Å². The molecule has 238 valence electrons. The fourth-order valence-electron chi connectivity index (χ4n) is 5.17. The Morgan fingerprint density at radius 2 is 1.07 bits per heavy atom. The minimum atomic E-state index is -1.01. The van der Waals surface area contributed by atoms with Gasteiger partial charge in [-0.05, 0) is 6.42 Å². The smallest absolute Gasteiger partial charge is 0.308 e. The molecule has 0 spiro atoms. The summed E-state index contributed by atoms with van der Waals surface area (Å²) in [6, 6.07) is 0. The maximum Gasteiger partial charge on any atom is 0.308 e. The van der Waals surface area contributed by atoms with E-state index in [9.17, 15) is 19.2 Å². The van der Waals surface area contributed by atoms with E-state index in [0.29, 0.717) is 0 Å². The van der Waals surface area contributed by atoms with Crippen molar-refractivity contribution in [2.45, 2.75) is 174 Å². The van der Waals surface area contributed by atoms with E-state index in [0.717, 1.165) is 19.3 Å². The molecule has 0 bridgehead atoms. The summed E-state index contributed by atoms with van der Waals surface area (Å²) < 4.78 is 26.9. The topological polar surface area (TPSA) is 114 Å². The third-order valence-corrected chi connectivity index (χ3v) is 7.30. The van der Waals surface area contributed by atoms with Crippen molar-refractivity contribution >= 4 is 23.9 Å². The van der Waals surface area contributed by atoms with Crippen LogP contribution < -0.4 is 0 Å². The van der Waals surface area contributed by atoms with Gasteiger partial charge >= 0.3 is 23.9 Å². The standard InChI is InChI=1S/C32H56O9/c1-5-6-7-8-9-10-11-12-13-14-15-16-17-18-19-20-21-22-30(36)41-31-23-28(38-26(3)34)32(39-27(4)35)29(40-31)24-37-25(2)33/h28-29,31-32H,5-24H2,1-4H3/t28-,29-,31+,32+/m1/s1. The highest BCUT2D eigenvalue weighted by atomic mass is 16.7. The molecule has 0 unspecified atom stereocenters. The Labute approximate surface area is 247 Å². The minimum absolute atomic E-state index is 0.0128. The zero-order chi connectivity index (χ0) is 30.3. The van der Waals surface area contributed by atoms with Crippen LogP contribution in [-0.2, 0) is 42.9 Å². The summed E-state index contributed by atoms with van der Waals surface area (Å²) in [5.74, 6) is -2.13. The Morgan fingerprint density at radius 3 is 1.51 bits per heavy atom. The molecule has 0 aliphatic carbocycles. The third kappa shape index (κ3) is 19.6. The number of unbranched alkanes of at least 4 members (excludes halogenated alkanes) is 16. The van der Waals surface area contributed by atoms with Crippen molar-refractivity contribution < 1.29 is 42.9 Å². The van der Waals surface area contributed by atoms with Crippen molar-refractivity contribution in [1.82, 2.24) is 0 Å². The largest absolute Gasteiger partial charge is 0.463 e. The average molecular weight is 585 g/mol. The first-order chi connectivity index (χ1) is 19.7. The molecule has 0 aromatic carbocycles. The van der Waals surface area contributed by atoms with E-state index in [2.05, 4.69) is 6.92 Å². The summed E-state index contributed by atoms with van der Waals surface area (Å²) in [6.07, 6.45) is 18.0. The van der Waals surface area contributed by atoms with Crippen LogP contribution in [0.2, 0.25) is 0 Å². The van der Waals surface area contributed by atoms with Crippen molar-refractivity contribution in [2.24, 2.45) is 0 Å². The van der Waals surface area contributed by atoms with Crippen molar-refractivity contribution in [3.8, 4) is 0 Å². The molecule has 0 saturated carbocycles. The maximum atomic E-state index is 12.5. The predicted molar refractivity (Wildman–Crippen MR) is 156 cm³/mol. The van der Waals surface area contributed by atoms with Crippen molar-refractivity contribution in [3.63, 3.8) is 0 Å². The maximum absolute atomic E-state index is 12.5. The summed E-state index contributed by atoms with van der Waals surface area (Å²) in [4.78, 5) is 47.0. The van der Waals surface area contributed by atoms with Gasteiger partial charge < -0.3 is 23.7 Å². The van der Waals surface area contributed by atoms with Crippen molar-refractivity contribution in [1.29, 1.82) is 0 Å². The van der Waals surface area contributed by atoms with Crippen LogP contribution in [0, 0.1) is 0 Å². The fourth-order valence-corrected chi connectivity index (χ4v) is 5.17. The molecule has 9 nitrogen and oxygen atoms in total. The first-order valence-electron chi connectivity index (χ1n) is 16.1. The lowest BCUT2D eigenvalue weighted by Crippen LogP contribution is -2.54. The van der Waals surface area contributed by atoms with Crippen molar-refractivity contribution in [3.05, 3.63) is 0 Å². The van der Waals surface area contributed by atoms with E-state index >= 15 is 0 Å². The van der Waals surface area contributed by atoms with Crippen LogP contribution in [0.25, 0.3) is 0 Å². The summed E-state index contributed by atoms with van der Waals surface area (Å²) in [7, 11) is 0. The van der Waals surface area contributed by atoms with E-state index in [1.165, 1.54) is 111 Å². The number of hydrogen-bond donors (Lipinski definition) is 0. The number of hydrogen-bond acceptors (Lipinski definition) is 9. The molecule has 1 saturated heterocycles. The second-order valence-corrected chi connectivity index (χ2v) is 11.3. The highest BCUT2D eigenvalue weighted by molar-refractivity contribution is 5.69. The Hall–Kier alpha value is -2.16. The minimum Gasteiger partial charge on any atom is -0.463 e. The van der Waals surface area contributed by atoms with Gasteiger partial charge in [-0.15, -0.1) is 0 Å². The van der Waals surface area contributed by atoms with Crippen LogP contribution in [0.3, 0.4) is 0 Å². The lowest BCUT2D eigenvalue weighted by molar-refractivity contribution is -0.260. The van der Waals surface area contributed by atoms with Gasteiger partial charge in [0.1, 0.15) is 18.8 Å². The average Bonchev–Trinajstić information content (AvgIpc) is 2.90. The highest BCUT2D eigenvalue weighted by Gasteiger charge is 2.45. The van der Waals surface area contributed by atoms with E-state index in [1.807, 2.05) is 0 Å². The molecule has 0 aromatic heterocycles. The van der Waals surface area contributed by atoms with Crippen LogP contribution in [0.1, 0.15) is 150 Å². The number of carbonyl (C=O) groups excluding carboxylic acids is 4. The lowest BCUT2D eigenvalue weighted by Gasteiger charge is -2.39. The molecule has 0 aromatic rings. The summed E-state index contributed by atoms with van der Waals surface area (Å²) in [5.41, 5.74) is 0. The molecule has 1 heterocycles. The van der Waals surface area contributed by atoms with Gasteiger partial charge in [-0.1, -0.05) is 110 Å². The Bertz CT molecular complexity index is 739. The molecule has 9 heteroatoms. The van der Waals surface area contributed by atoms with Gasteiger partial charge in [0.15, 0.2) is 6.10 Å². The molecule has 41 heavy (non-hydrogen) atoms. The molecule has 4 atom stereocenters.